The van der Waals surface area contributed by atoms with E-state index in [0.29, 0.717) is 6.04 Å². The van der Waals surface area contributed by atoms with E-state index < -0.39 is 0 Å². The number of hydrogen-bond donors (Lipinski definition) is 1. The smallest absolute Gasteiger partial charge is 0.0639 e. The Bertz CT molecular complexity index is 729. The normalized spacial score (nSPS) is 26.4. The van der Waals surface area contributed by atoms with Crippen LogP contribution in [0.2, 0.25) is 0 Å². The number of aliphatic hydroxyl groups excluding tert-OH is 1. The van der Waals surface area contributed by atoms with Crippen LogP contribution in [0.1, 0.15) is 56.5 Å². The van der Waals surface area contributed by atoms with E-state index in [1.165, 1.54) is 35.0 Å². The molecule has 0 bridgehead atoms. The predicted octanol–water partition coefficient (Wildman–Crippen LogP) is 3.91. The molecule has 3 heterocycles. The number of fused-ring (bicyclic) bond motifs is 3. The highest BCUT2D eigenvalue weighted by Gasteiger charge is 2.49. The highest BCUT2D eigenvalue weighted by atomic mass is 16.3. The molecule has 0 spiro atoms. The zero-order valence-corrected chi connectivity index (χ0v) is 14.5. The third kappa shape index (κ3) is 1.90. The molecule has 3 heteroatoms. The van der Waals surface area contributed by atoms with Crippen LogP contribution in [0.25, 0.3) is 10.9 Å². The molecule has 2 aliphatic heterocycles. The quantitative estimate of drug-likeness (QED) is 0.930. The number of aliphatic hydroxyl groups is 1. The maximum Gasteiger partial charge on any atom is 0.0639 e. The van der Waals surface area contributed by atoms with Gasteiger partial charge in [0.1, 0.15) is 0 Å². The summed E-state index contributed by atoms with van der Waals surface area (Å²) in [6, 6.07) is 9.48. The molecule has 0 fully saturated rings. The fraction of sp³-hybridized carbons (Fsp3) is 0.600. The van der Waals surface area contributed by atoms with Gasteiger partial charge in [-0.15, -0.1) is 0 Å². The van der Waals surface area contributed by atoms with Gasteiger partial charge in [0.25, 0.3) is 0 Å². The van der Waals surface area contributed by atoms with Crippen molar-refractivity contribution in [1.29, 1.82) is 0 Å². The van der Waals surface area contributed by atoms with Crippen molar-refractivity contribution in [2.24, 2.45) is 5.41 Å². The Morgan fingerprint density at radius 2 is 1.96 bits per heavy atom. The second-order valence-electron chi connectivity index (χ2n) is 7.49. The maximum atomic E-state index is 10.1. The summed E-state index contributed by atoms with van der Waals surface area (Å²) < 4.78 is 2.48. The van der Waals surface area contributed by atoms with Gasteiger partial charge in [-0.3, -0.25) is 4.90 Å². The minimum Gasteiger partial charge on any atom is -0.394 e. The minimum atomic E-state index is 0.214. The maximum absolute atomic E-state index is 10.1. The average Bonchev–Trinajstić information content (AvgIpc) is 2.93. The lowest BCUT2D eigenvalue weighted by atomic mass is 9.66. The Balaban J connectivity index is 2.06. The van der Waals surface area contributed by atoms with Gasteiger partial charge in [0, 0.05) is 23.1 Å². The lowest BCUT2D eigenvalue weighted by molar-refractivity contribution is 0.00451. The summed E-state index contributed by atoms with van der Waals surface area (Å²) in [4.78, 5) is 2.57. The molecule has 124 valence electrons. The van der Waals surface area contributed by atoms with Crippen molar-refractivity contribution >= 4 is 10.9 Å². The van der Waals surface area contributed by atoms with Gasteiger partial charge < -0.3 is 9.67 Å². The first kappa shape index (κ1) is 15.2. The fourth-order valence-electron chi connectivity index (χ4n) is 5.43. The summed E-state index contributed by atoms with van der Waals surface area (Å²) in [5.74, 6) is 0. The van der Waals surface area contributed by atoms with Crippen LogP contribution < -0.4 is 0 Å². The van der Waals surface area contributed by atoms with Crippen LogP contribution in [-0.2, 0) is 6.42 Å². The average molecular weight is 312 g/mol. The van der Waals surface area contributed by atoms with Gasteiger partial charge in [0.2, 0.25) is 0 Å². The first-order valence-electron chi connectivity index (χ1n) is 9.09. The Hall–Kier alpha value is -1.32. The first-order valence-corrected chi connectivity index (χ1v) is 9.09. The molecule has 2 aliphatic rings. The van der Waals surface area contributed by atoms with Crippen LogP contribution in [0.5, 0.6) is 0 Å². The molecule has 2 unspecified atom stereocenters. The van der Waals surface area contributed by atoms with Gasteiger partial charge >= 0.3 is 0 Å². The fourth-order valence-corrected chi connectivity index (χ4v) is 5.43. The SMILES string of the molecule is CCC1(CC)CC(CO)n2c3c(c4ccccc42)CCN(C)C31. The van der Waals surface area contributed by atoms with E-state index in [1.54, 1.807) is 0 Å². The molecule has 1 N–H and O–H groups in total. The Morgan fingerprint density at radius 1 is 1.22 bits per heavy atom. The highest BCUT2D eigenvalue weighted by molar-refractivity contribution is 5.86. The van der Waals surface area contributed by atoms with Gasteiger partial charge in [-0.25, -0.2) is 0 Å². The number of benzene rings is 1. The van der Waals surface area contributed by atoms with Crippen LogP contribution in [-0.4, -0.2) is 34.8 Å². The Labute approximate surface area is 138 Å². The summed E-state index contributed by atoms with van der Waals surface area (Å²) in [5.41, 5.74) is 4.63. The molecule has 2 atom stereocenters. The van der Waals surface area contributed by atoms with E-state index in [1.807, 2.05) is 0 Å². The van der Waals surface area contributed by atoms with Crippen molar-refractivity contribution in [1.82, 2.24) is 9.47 Å². The van der Waals surface area contributed by atoms with Crippen LogP contribution in [0.15, 0.2) is 24.3 Å². The molecule has 23 heavy (non-hydrogen) atoms. The van der Waals surface area contributed by atoms with Gasteiger partial charge in [-0.05, 0) is 49.8 Å². The van der Waals surface area contributed by atoms with Gasteiger partial charge in [0.05, 0.1) is 18.7 Å². The summed E-state index contributed by atoms with van der Waals surface area (Å²) in [5, 5.41) is 11.5. The van der Waals surface area contributed by atoms with E-state index in [4.69, 9.17) is 0 Å². The Kier molecular flexibility index (Phi) is 3.54. The van der Waals surface area contributed by atoms with E-state index in [0.717, 1.165) is 19.4 Å². The van der Waals surface area contributed by atoms with Crippen molar-refractivity contribution in [3.8, 4) is 0 Å². The molecule has 4 rings (SSSR count). The minimum absolute atomic E-state index is 0.214. The summed E-state index contributed by atoms with van der Waals surface area (Å²) in [7, 11) is 2.29. The zero-order valence-electron chi connectivity index (χ0n) is 14.5. The standard InChI is InChI=1S/C20H28N2O/c1-4-20(5-2)12-14(13-23)22-17-9-7-6-8-15(17)16-10-11-21(3)19(20)18(16)22/h6-9,14,19,23H,4-5,10-13H2,1-3H3. The van der Waals surface area contributed by atoms with E-state index >= 15 is 0 Å². The van der Waals surface area contributed by atoms with Crippen molar-refractivity contribution in [2.75, 3.05) is 20.2 Å². The Morgan fingerprint density at radius 3 is 2.65 bits per heavy atom. The molecule has 0 aliphatic carbocycles. The zero-order chi connectivity index (χ0) is 16.2. The molecule has 0 saturated heterocycles. The second kappa shape index (κ2) is 5.35. The number of nitrogens with zero attached hydrogens (tertiary/aromatic N) is 2. The monoisotopic (exact) mass is 312 g/mol. The molecule has 0 radical (unpaired) electrons. The molecule has 1 aromatic heterocycles. The van der Waals surface area contributed by atoms with E-state index in [9.17, 15) is 5.11 Å². The van der Waals surface area contributed by atoms with Crippen LogP contribution >= 0.6 is 0 Å². The largest absolute Gasteiger partial charge is 0.394 e. The lowest BCUT2D eigenvalue weighted by Gasteiger charge is -2.52. The first-order chi connectivity index (χ1) is 11.2. The molecule has 0 amide bonds. The molecule has 1 aromatic carbocycles. The van der Waals surface area contributed by atoms with Crippen molar-refractivity contribution in [3.05, 3.63) is 35.5 Å². The number of para-hydroxylation sites is 1. The van der Waals surface area contributed by atoms with Crippen molar-refractivity contribution < 1.29 is 5.11 Å². The van der Waals surface area contributed by atoms with Gasteiger partial charge in [-0.1, -0.05) is 32.0 Å². The predicted molar refractivity (Wildman–Crippen MR) is 94.8 cm³/mol. The molecular formula is C20H28N2O. The van der Waals surface area contributed by atoms with Crippen LogP contribution in [0.3, 0.4) is 0 Å². The molecule has 0 saturated carbocycles. The van der Waals surface area contributed by atoms with E-state index in [-0.39, 0.29) is 18.1 Å². The van der Waals surface area contributed by atoms with Gasteiger partial charge in [0.15, 0.2) is 0 Å². The summed E-state index contributed by atoms with van der Waals surface area (Å²) in [6.07, 6.45) is 4.56. The van der Waals surface area contributed by atoms with Crippen LogP contribution in [0, 0.1) is 5.41 Å². The van der Waals surface area contributed by atoms with Crippen LogP contribution in [0.4, 0.5) is 0 Å². The summed E-state index contributed by atoms with van der Waals surface area (Å²) in [6.45, 7) is 6.04. The number of aromatic nitrogens is 1. The topological polar surface area (TPSA) is 28.4 Å². The molecule has 2 aromatic rings. The van der Waals surface area contributed by atoms with Crippen molar-refractivity contribution in [2.45, 2.75) is 51.6 Å². The number of hydrogen-bond acceptors (Lipinski definition) is 2. The summed E-state index contributed by atoms with van der Waals surface area (Å²) >= 11 is 0. The highest BCUT2D eigenvalue weighted by Crippen LogP contribution is 2.56. The van der Waals surface area contributed by atoms with E-state index in [2.05, 4.69) is 54.6 Å². The molecular weight excluding hydrogens is 284 g/mol. The third-order valence-corrected chi connectivity index (χ3v) is 6.68. The third-order valence-electron chi connectivity index (χ3n) is 6.68. The number of rotatable bonds is 3. The second-order valence-corrected chi connectivity index (χ2v) is 7.49. The van der Waals surface area contributed by atoms with Gasteiger partial charge in [-0.2, -0.15) is 0 Å². The molecule has 3 nitrogen and oxygen atoms in total. The lowest BCUT2D eigenvalue weighted by Crippen LogP contribution is -2.48. The number of likely N-dealkylation sites (N-methyl/N-ethyl adjacent to an activating group) is 1. The van der Waals surface area contributed by atoms with Crippen molar-refractivity contribution in [3.63, 3.8) is 0 Å².